The monoisotopic (exact) mass is 361 g/mol. The maximum atomic E-state index is 13.2. The zero-order valence-corrected chi connectivity index (χ0v) is 15.3. The number of thiocarbonyl (C=S) groups is 1. The highest BCUT2D eigenvalue weighted by Crippen LogP contribution is 2.34. The van der Waals surface area contributed by atoms with E-state index in [-0.39, 0.29) is 11.9 Å². The van der Waals surface area contributed by atoms with Crippen LogP contribution in [0.4, 0.5) is 0 Å². The van der Waals surface area contributed by atoms with Gasteiger partial charge in [0.1, 0.15) is 5.75 Å². The van der Waals surface area contributed by atoms with Crippen LogP contribution in [0, 0.1) is 0 Å². The number of ether oxygens (including phenoxy) is 2. The van der Waals surface area contributed by atoms with Crippen molar-refractivity contribution in [1.82, 2.24) is 15.5 Å². The zero-order valence-electron chi connectivity index (χ0n) is 14.5. The van der Waals surface area contributed by atoms with Crippen LogP contribution in [-0.2, 0) is 9.53 Å². The number of nitrogens with zero attached hydrogens (tertiary/aromatic N) is 1. The van der Waals surface area contributed by atoms with Gasteiger partial charge in [-0.05, 0) is 32.1 Å². The minimum Gasteiger partial charge on any atom is -0.494 e. The second kappa shape index (κ2) is 7.84. The Morgan fingerprint density at radius 2 is 2.08 bits per heavy atom. The molecule has 0 saturated carbocycles. The number of benzene rings is 1. The molecule has 1 saturated heterocycles. The van der Waals surface area contributed by atoms with Crippen molar-refractivity contribution in [3.63, 3.8) is 0 Å². The molecule has 3 rings (SSSR count). The predicted molar refractivity (Wildman–Crippen MR) is 99.3 cm³/mol. The molecule has 0 spiro atoms. The number of nitrogens with one attached hydrogen (secondary N) is 2. The van der Waals surface area contributed by atoms with Crippen molar-refractivity contribution in [3.05, 3.63) is 41.1 Å². The third-order valence-electron chi connectivity index (χ3n) is 4.33. The van der Waals surface area contributed by atoms with Gasteiger partial charge in [0.05, 0.1) is 31.4 Å². The lowest BCUT2D eigenvalue weighted by Gasteiger charge is -2.35. The molecule has 0 radical (unpaired) electrons. The molecule has 2 heterocycles. The number of amides is 1. The van der Waals surface area contributed by atoms with Gasteiger partial charge in [-0.3, -0.25) is 4.79 Å². The third kappa shape index (κ3) is 3.77. The van der Waals surface area contributed by atoms with Gasteiger partial charge in [0.25, 0.3) is 5.91 Å². The molecule has 1 fully saturated rings. The van der Waals surface area contributed by atoms with E-state index in [1.807, 2.05) is 43.0 Å². The summed E-state index contributed by atoms with van der Waals surface area (Å²) < 4.78 is 11.1. The molecule has 0 bridgehead atoms. The van der Waals surface area contributed by atoms with Crippen LogP contribution in [-0.4, -0.2) is 48.8 Å². The molecule has 2 N–H and O–H groups in total. The first kappa shape index (κ1) is 17.7. The highest BCUT2D eigenvalue weighted by molar-refractivity contribution is 7.80. The molecule has 1 amide bonds. The van der Waals surface area contributed by atoms with Gasteiger partial charge in [-0.15, -0.1) is 0 Å². The van der Waals surface area contributed by atoms with Gasteiger partial charge in [-0.2, -0.15) is 0 Å². The van der Waals surface area contributed by atoms with Gasteiger partial charge in [0, 0.05) is 24.4 Å². The lowest BCUT2D eigenvalue weighted by Crippen LogP contribution is -2.49. The summed E-state index contributed by atoms with van der Waals surface area (Å²) in [6.07, 6.45) is 0. The van der Waals surface area contributed by atoms with Crippen LogP contribution in [0.5, 0.6) is 5.75 Å². The van der Waals surface area contributed by atoms with Crippen molar-refractivity contribution in [2.24, 2.45) is 0 Å². The van der Waals surface area contributed by atoms with Crippen LogP contribution in [0.25, 0.3) is 0 Å². The van der Waals surface area contributed by atoms with Gasteiger partial charge in [0.2, 0.25) is 0 Å². The average molecular weight is 361 g/mol. The fraction of sp³-hybridized carbons (Fsp3) is 0.444. The van der Waals surface area contributed by atoms with E-state index in [4.69, 9.17) is 21.7 Å². The maximum absolute atomic E-state index is 13.2. The number of allylic oxidation sites excluding steroid dienone is 1. The molecule has 1 unspecified atom stereocenters. The molecule has 1 atom stereocenters. The van der Waals surface area contributed by atoms with E-state index < -0.39 is 0 Å². The molecular formula is C18H23N3O3S. The predicted octanol–water partition coefficient (Wildman–Crippen LogP) is 1.74. The van der Waals surface area contributed by atoms with E-state index in [0.717, 1.165) is 17.0 Å². The number of rotatable bonds is 4. The summed E-state index contributed by atoms with van der Waals surface area (Å²) in [4.78, 5) is 15.0. The first-order valence-electron chi connectivity index (χ1n) is 8.48. The molecule has 2 aliphatic rings. The van der Waals surface area contributed by atoms with Crippen LogP contribution in [0.2, 0.25) is 0 Å². The Hall–Kier alpha value is -2.12. The molecule has 6 nitrogen and oxygen atoms in total. The highest BCUT2D eigenvalue weighted by atomic mass is 32.1. The van der Waals surface area contributed by atoms with Crippen molar-refractivity contribution in [2.45, 2.75) is 19.9 Å². The minimum absolute atomic E-state index is 0.000369. The van der Waals surface area contributed by atoms with E-state index in [2.05, 4.69) is 10.6 Å². The SMILES string of the molecule is CCOc1ccccc1C1NC(=S)NC(C)=C1C(=O)N1CCOCC1. The van der Waals surface area contributed by atoms with Gasteiger partial charge in [0.15, 0.2) is 5.11 Å². The lowest BCUT2D eigenvalue weighted by atomic mass is 9.93. The fourth-order valence-corrected chi connectivity index (χ4v) is 3.42. The summed E-state index contributed by atoms with van der Waals surface area (Å²) in [5.41, 5.74) is 2.35. The van der Waals surface area contributed by atoms with Crippen molar-refractivity contribution >= 4 is 23.2 Å². The summed E-state index contributed by atoms with van der Waals surface area (Å²) in [5, 5.41) is 6.82. The van der Waals surface area contributed by atoms with Crippen LogP contribution >= 0.6 is 12.2 Å². The first-order valence-corrected chi connectivity index (χ1v) is 8.89. The standard InChI is InChI=1S/C18H23N3O3S/c1-3-24-14-7-5-4-6-13(14)16-15(12(2)19-18(25)20-16)17(22)21-8-10-23-11-9-21/h4-7,16H,3,8-11H2,1-2H3,(H2,19,20,25). The fourth-order valence-electron chi connectivity index (χ4n) is 3.15. The maximum Gasteiger partial charge on any atom is 0.254 e. The summed E-state index contributed by atoms with van der Waals surface area (Å²) in [6.45, 7) is 6.71. The molecule has 2 aliphatic heterocycles. The molecule has 1 aromatic carbocycles. The third-order valence-corrected chi connectivity index (χ3v) is 4.55. The normalized spacial score (nSPS) is 20.8. The Kier molecular flexibility index (Phi) is 5.55. The Morgan fingerprint density at radius 1 is 1.36 bits per heavy atom. The van der Waals surface area contributed by atoms with Crippen LogP contribution in [0.1, 0.15) is 25.5 Å². The number of para-hydroxylation sites is 1. The summed E-state index contributed by atoms with van der Waals surface area (Å²) in [5.74, 6) is 0.756. The number of morpholine rings is 1. The Morgan fingerprint density at radius 3 is 2.80 bits per heavy atom. The van der Waals surface area contributed by atoms with Gasteiger partial charge in [-0.25, -0.2) is 0 Å². The number of carbonyl (C=O) groups is 1. The summed E-state index contributed by atoms with van der Waals surface area (Å²) in [7, 11) is 0. The zero-order chi connectivity index (χ0) is 17.8. The average Bonchev–Trinajstić information content (AvgIpc) is 2.62. The topological polar surface area (TPSA) is 62.8 Å². The molecular weight excluding hydrogens is 338 g/mol. The van der Waals surface area contributed by atoms with Crippen LogP contribution in [0.3, 0.4) is 0 Å². The Balaban J connectivity index is 1.99. The smallest absolute Gasteiger partial charge is 0.254 e. The minimum atomic E-state index is -0.341. The second-order valence-corrected chi connectivity index (χ2v) is 6.35. The van der Waals surface area contributed by atoms with E-state index in [9.17, 15) is 4.79 Å². The molecule has 0 aromatic heterocycles. The van der Waals surface area contributed by atoms with Gasteiger partial charge < -0.3 is 25.0 Å². The van der Waals surface area contributed by atoms with E-state index in [0.29, 0.717) is 43.6 Å². The van der Waals surface area contributed by atoms with Crippen molar-refractivity contribution in [3.8, 4) is 5.75 Å². The summed E-state index contributed by atoms with van der Waals surface area (Å²) >= 11 is 5.32. The quantitative estimate of drug-likeness (QED) is 0.797. The lowest BCUT2D eigenvalue weighted by molar-refractivity contribution is -0.131. The van der Waals surface area contributed by atoms with E-state index in [1.165, 1.54) is 0 Å². The van der Waals surface area contributed by atoms with E-state index in [1.54, 1.807) is 0 Å². The van der Waals surface area contributed by atoms with Gasteiger partial charge in [-0.1, -0.05) is 18.2 Å². The van der Waals surface area contributed by atoms with E-state index >= 15 is 0 Å². The molecule has 0 aliphatic carbocycles. The van der Waals surface area contributed by atoms with Crippen molar-refractivity contribution in [2.75, 3.05) is 32.9 Å². The number of hydrogen-bond acceptors (Lipinski definition) is 4. The summed E-state index contributed by atoms with van der Waals surface area (Å²) in [6, 6.07) is 7.41. The Labute approximate surface area is 153 Å². The largest absolute Gasteiger partial charge is 0.494 e. The molecule has 25 heavy (non-hydrogen) atoms. The van der Waals surface area contributed by atoms with Crippen LogP contribution in [0.15, 0.2) is 35.5 Å². The molecule has 7 heteroatoms. The Bertz CT molecular complexity index is 699. The number of hydrogen-bond donors (Lipinski definition) is 2. The molecule has 134 valence electrons. The second-order valence-electron chi connectivity index (χ2n) is 5.95. The molecule has 1 aromatic rings. The number of carbonyl (C=O) groups excluding carboxylic acids is 1. The van der Waals surface area contributed by atoms with Crippen molar-refractivity contribution < 1.29 is 14.3 Å². The van der Waals surface area contributed by atoms with Gasteiger partial charge >= 0.3 is 0 Å². The first-order chi connectivity index (χ1) is 12.1. The van der Waals surface area contributed by atoms with Crippen LogP contribution < -0.4 is 15.4 Å². The van der Waals surface area contributed by atoms with Crippen molar-refractivity contribution in [1.29, 1.82) is 0 Å². The highest BCUT2D eigenvalue weighted by Gasteiger charge is 2.34.